The highest BCUT2D eigenvalue weighted by Crippen LogP contribution is 2.51. The van der Waals surface area contributed by atoms with Gasteiger partial charge in [-0.15, -0.1) is 12.4 Å². The molecule has 2 aliphatic carbocycles. The lowest BCUT2D eigenvalue weighted by molar-refractivity contribution is 0.279. The number of aromatic nitrogens is 2. The molecular formula is C15H16ClF2N3O. The molecule has 4 nitrogen and oxygen atoms in total. The number of fused-ring (bicyclic) bond motifs is 2. The highest BCUT2D eigenvalue weighted by molar-refractivity contribution is 5.85. The molecular weight excluding hydrogens is 312 g/mol. The van der Waals surface area contributed by atoms with Gasteiger partial charge in [-0.3, -0.25) is 0 Å². The van der Waals surface area contributed by atoms with E-state index in [4.69, 9.17) is 10.3 Å². The number of rotatable bonds is 2. The van der Waals surface area contributed by atoms with Crippen LogP contribution in [0.3, 0.4) is 0 Å². The Hall–Kier alpha value is -1.53. The van der Waals surface area contributed by atoms with Crippen molar-refractivity contribution in [3.8, 4) is 11.4 Å². The fourth-order valence-electron chi connectivity index (χ4n) is 3.83. The minimum atomic E-state index is -0.921. The highest BCUT2D eigenvalue weighted by Gasteiger charge is 2.48. The molecule has 2 bridgehead atoms. The lowest BCUT2D eigenvalue weighted by Crippen LogP contribution is -2.34. The van der Waals surface area contributed by atoms with Crippen LogP contribution in [0, 0.1) is 23.5 Å². The van der Waals surface area contributed by atoms with Crippen molar-refractivity contribution in [2.45, 2.75) is 31.2 Å². The number of benzene rings is 1. The average Bonchev–Trinajstić information content (AvgIpc) is 3.16. The summed E-state index contributed by atoms with van der Waals surface area (Å²) in [6.45, 7) is 0. The monoisotopic (exact) mass is 327 g/mol. The van der Waals surface area contributed by atoms with Gasteiger partial charge in [-0.1, -0.05) is 5.16 Å². The van der Waals surface area contributed by atoms with Crippen LogP contribution >= 0.6 is 12.4 Å². The molecule has 4 rings (SSSR count). The Labute approximate surface area is 132 Å². The zero-order chi connectivity index (χ0) is 14.6. The van der Waals surface area contributed by atoms with Crippen LogP contribution in [0.5, 0.6) is 0 Å². The van der Waals surface area contributed by atoms with Crippen molar-refractivity contribution >= 4 is 12.4 Å². The summed E-state index contributed by atoms with van der Waals surface area (Å²) in [5.41, 5.74) is 6.65. The first-order chi connectivity index (χ1) is 10.1. The third-order valence-electron chi connectivity index (χ3n) is 4.89. The maximum atomic E-state index is 13.3. The van der Waals surface area contributed by atoms with Crippen LogP contribution in [0.1, 0.15) is 31.1 Å². The van der Waals surface area contributed by atoms with Crippen LogP contribution in [-0.2, 0) is 0 Å². The normalized spacial score (nSPS) is 29.6. The van der Waals surface area contributed by atoms with Crippen LogP contribution in [0.2, 0.25) is 0 Å². The first-order valence-corrected chi connectivity index (χ1v) is 7.18. The molecule has 1 heterocycles. The van der Waals surface area contributed by atoms with Crippen molar-refractivity contribution in [1.82, 2.24) is 10.1 Å². The summed E-state index contributed by atoms with van der Waals surface area (Å²) in [6, 6.07) is 3.63. The Morgan fingerprint density at radius 3 is 2.59 bits per heavy atom. The van der Waals surface area contributed by atoms with Gasteiger partial charge < -0.3 is 10.3 Å². The summed E-state index contributed by atoms with van der Waals surface area (Å²) in [5.74, 6) is 0.124. The van der Waals surface area contributed by atoms with Gasteiger partial charge in [0, 0.05) is 11.6 Å². The van der Waals surface area contributed by atoms with Gasteiger partial charge in [0.25, 0.3) is 0 Å². The molecule has 0 amide bonds. The predicted molar refractivity (Wildman–Crippen MR) is 78.4 cm³/mol. The van der Waals surface area contributed by atoms with E-state index in [0.29, 0.717) is 23.3 Å². The Morgan fingerprint density at radius 1 is 1.14 bits per heavy atom. The number of hydrogen-bond acceptors (Lipinski definition) is 4. The minimum absolute atomic E-state index is 0. The van der Waals surface area contributed by atoms with Crippen molar-refractivity contribution in [3.05, 3.63) is 35.7 Å². The molecule has 1 aromatic carbocycles. The molecule has 1 aromatic heterocycles. The molecule has 118 valence electrons. The number of halogens is 3. The SMILES string of the molecule is Cl.NC1C2CCC(C2)C1c1nc(-c2ccc(F)c(F)c2)no1. The van der Waals surface area contributed by atoms with Crippen molar-refractivity contribution in [2.24, 2.45) is 17.6 Å². The van der Waals surface area contributed by atoms with Crippen LogP contribution < -0.4 is 5.73 Å². The molecule has 2 N–H and O–H groups in total. The molecule has 0 saturated heterocycles. The number of nitrogens with zero attached hydrogens (tertiary/aromatic N) is 2. The van der Waals surface area contributed by atoms with E-state index in [2.05, 4.69) is 10.1 Å². The van der Waals surface area contributed by atoms with Crippen LogP contribution in [0.4, 0.5) is 8.78 Å². The van der Waals surface area contributed by atoms with Crippen molar-refractivity contribution in [1.29, 1.82) is 0 Å². The zero-order valence-corrected chi connectivity index (χ0v) is 12.5. The Morgan fingerprint density at radius 2 is 1.91 bits per heavy atom. The third kappa shape index (κ3) is 2.30. The van der Waals surface area contributed by atoms with Gasteiger partial charge in [0.1, 0.15) is 0 Å². The topological polar surface area (TPSA) is 64.9 Å². The van der Waals surface area contributed by atoms with E-state index in [1.807, 2.05) is 0 Å². The molecule has 2 aromatic rings. The van der Waals surface area contributed by atoms with Crippen molar-refractivity contribution < 1.29 is 13.3 Å². The highest BCUT2D eigenvalue weighted by atomic mass is 35.5. The molecule has 22 heavy (non-hydrogen) atoms. The molecule has 0 spiro atoms. The van der Waals surface area contributed by atoms with Gasteiger partial charge in [0.05, 0.1) is 5.92 Å². The maximum absolute atomic E-state index is 13.3. The average molecular weight is 328 g/mol. The quantitative estimate of drug-likeness (QED) is 0.919. The van der Waals surface area contributed by atoms with Gasteiger partial charge in [-0.05, 0) is 49.3 Å². The van der Waals surface area contributed by atoms with Gasteiger partial charge in [0.2, 0.25) is 11.7 Å². The molecule has 0 radical (unpaired) electrons. The Bertz CT molecular complexity index is 691. The van der Waals surface area contributed by atoms with Crippen LogP contribution in [-0.4, -0.2) is 16.2 Å². The second-order valence-corrected chi connectivity index (χ2v) is 6.02. The summed E-state index contributed by atoms with van der Waals surface area (Å²) in [5, 5.41) is 3.89. The second kappa shape index (κ2) is 5.59. The Balaban J connectivity index is 0.00000144. The van der Waals surface area contributed by atoms with Gasteiger partial charge in [0.15, 0.2) is 11.6 Å². The standard InChI is InChI=1S/C15H15F2N3O.ClH/c16-10-4-3-9(6-11(10)17)14-19-15(21-20-14)12-7-1-2-8(5-7)13(12)18;/h3-4,6-8,12-13H,1-2,5,18H2;1H. The van der Waals surface area contributed by atoms with Crippen molar-refractivity contribution in [2.75, 3.05) is 0 Å². The summed E-state index contributed by atoms with van der Waals surface area (Å²) < 4.78 is 31.6. The van der Waals surface area contributed by atoms with Crippen LogP contribution in [0.15, 0.2) is 22.7 Å². The first kappa shape index (κ1) is 15.4. The number of nitrogens with two attached hydrogens (primary N) is 1. The molecule has 2 fully saturated rings. The molecule has 2 aliphatic rings. The summed E-state index contributed by atoms with van der Waals surface area (Å²) in [4.78, 5) is 4.36. The molecule has 0 aliphatic heterocycles. The van der Waals surface area contributed by atoms with E-state index in [9.17, 15) is 8.78 Å². The Kier molecular flexibility index (Phi) is 3.91. The maximum Gasteiger partial charge on any atom is 0.231 e. The second-order valence-electron chi connectivity index (χ2n) is 6.02. The largest absolute Gasteiger partial charge is 0.339 e. The molecule has 7 heteroatoms. The fraction of sp³-hybridized carbons (Fsp3) is 0.467. The predicted octanol–water partition coefficient (Wildman–Crippen LogP) is 3.28. The lowest BCUT2D eigenvalue weighted by Gasteiger charge is -2.24. The number of hydrogen-bond donors (Lipinski definition) is 1. The van der Waals surface area contributed by atoms with Gasteiger partial charge in [-0.2, -0.15) is 4.98 Å². The zero-order valence-electron chi connectivity index (χ0n) is 11.7. The van der Waals surface area contributed by atoms with Crippen LogP contribution in [0.25, 0.3) is 11.4 Å². The van der Waals surface area contributed by atoms with Crippen molar-refractivity contribution in [3.63, 3.8) is 0 Å². The van der Waals surface area contributed by atoms with E-state index in [0.717, 1.165) is 25.0 Å². The smallest absolute Gasteiger partial charge is 0.231 e. The van der Waals surface area contributed by atoms with E-state index in [1.54, 1.807) is 0 Å². The molecule has 4 unspecified atom stereocenters. The summed E-state index contributed by atoms with van der Waals surface area (Å²) in [6.07, 6.45) is 3.44. The third-order valence-corrected chi connectivity index (χ3v) is 4.89. The van der Waals surface area contributed by atoms with E-state index >= 15 is 0 Å². The van der Waals surface area contributed by atoms with Gasteiger partial charge in [-0.25, -0.2) is 8.78 Å². The molecule has 4 atom stereocenters. The van der Waals surface area contributed by atoms with Gasteiger partial charge >= 0.3 is 0 Å². The summed E-state index contributed by atoms with van der Waals surface area (Å²) >= 11 is 0. The summed E-state index contributed by atoms with van der Waals surface area (Å²) in [7, 11) is 0. The van der Waals surface area contributed by atoms with E-state index in [-0.39, 0.29) is 30.2 Å². The lowest BCUT2D eigenvalue weighted by atomic mass is 9.85. The fourth-order valence-corrected chi connectivity index (χ4v) is 3.83. The van der Waals surface area contributed by atoms with E-state index in [1.165, 1.54) is 12.5 Å². The molecule has 2 saturated carbocycles. The minimum Gasteiger partial charge on any atom is -0.339 e. The first-order valence-electron chi connectivity index (χ1n) is 7.18. The van der Waals surface area contributed by atoms with E-state index < -0.39 is 11.6 Å².